The highest BCUT2D eigenvalue weighted by molar-refractivity contribution is 5.93. The molecule has 0 fully saturated rings. The molecule has 140 valence electrons. The number of aromatic amines is 1. The van der Waals surface area contributed by atoms with E-state index in [0.29, 0.717) is 18.7 Å². The lowest BCUT2D eigenvalue weighted by Crippen LogP contribution is -2.41. The molecule has 1 amide bonds. The van der Waals surface area contributed by atoms with E-state index in [4.69, 9.17) is 4.42 Å². The number of nitrogens with one attached hydrogen (secondary N) is 2. The van der Waals surface area contributed by atoms with Crippen LogP contribution < -0.4 is 22.1 Å². The number of carbonyl (C=O) groups excluding carboxylic acids is 1. The maximum Gasteiger partial charge on any atom is 0.328 e. The Labute approximate surface area is 152 Å². The van der Waals surface area contributed by atoms with Gasteiger partial charge in [-0.1, -0.05) is 0 Å². The van der Waals surface area contributed by atoms with E-state index >= 15 is 0 Å². The average molecular weight is 371 g/mol. The second-order valence-electron chi connectivity index (χ2n) is 5.67. The molecule has 3 heterocycles. The van der Waals surface area contributed by atoms with Gasteiger partial charge in [-0.2, -0.15) is 5.10 Å². The van der Waals surface area contributed by atoms with Crippen LogP contribution in [0, 0.1) is 0 Å². The van der Waals surface area contributed by atoms with Gasteiger partial charge in [0.1, 0.15) is 11.3 Å². The van der Waals surface area contributed by atoms with E-state index in [1.807, 2.05) is 0 Å². The van der Waals surface area contributed by atoms with Gasteiger partial charge in [-0.15, -0.1) is 0 Å². The van der Waals surface area contributed by atoms with Gasteiger partial charge in [-0.05, 0) is 24.6 Å². The van der Waals surface area contributed by atoms with Crippen LogP contribution in [0.1, 0.15) is 22.5 Å². The Morgan fingerprint density at radius 3 is 2.81 bits per heavy atom. The van der Waals surface area contributed by atoms with Crippen LogP contribution in [0.2, 0.25) is 0 Å². The molecule has 0 saturated carbocycles. The summed E-state index contributed by atoms with van der Waals surface area (Å²) in [5.41, 5.74) is -1.77. The zero-order valence-corrected chi connectivity index (χ0v) is 14.3. The van der Waals surface area contributed by atoms with E-state index in [0.717, 1.165) is 10.8 Å². The normalized spacial score (nSPS) is 10.7. The Kier molecular flexibility index (Phi) is 5.45. The fourth-order valence-electron chi connectivity index (χ4n) is 2.46. The zero-order valence-electron chi connectivity index (χ0n) is 14.3. The summed E-state index contributed by atoms with van der Waals surface area (Å²) in [4.78, 5) is 50.5. The van der Waals surface area contributed by atoms with Crippen molar-refractivity contribution >= 4 is 5.91 Å². The maximum absolute atomic E-state index is 12.4. The molecule has 0 atom stereocenters. The number of hydrogen-bond acceptors (Lipinski definition) is 6. The average Bonchev–Trinajstić information content (AvgIpc) is 3.16. The van der Waals surface area contributed by atoms with Crippen molar-refractivity contribution in [1.82, 2.24) is 24.6 Å². The maximum atomic E-state index is 12.4. The van der Waals surface area contributed by atoms with E-state index in [1.54, 1.807) is 18.2 Å². The lowest BCUT2D eigenvalue weighted by molar-refractivity contribution is 0.0949. The van der Waals surface area contributed by atoms with Crippen LogP contribution in [0.4, 0.5) is 0 Å². The first kappa shape index (κ1) is 18.1. The van der Waals surface area contributed by atoms with Crippen molar-refractivity contribution in [2.45, 2.75) is 19.5 Å². The minimum absolute atomic E-state index is 0.0785. The van der Waals surface area contributed by atoms with Crippen LogP contribution in [-0.4, -0.2) is 31.8 Å². The van der Waals surface area contributed by atoms with E-state index in [-0.39, 0.29) is 24.2 Å². The Balaban J connectivity index is 1.64. The van der Waals surface area contributed by atoms with Gasteiger partial charge in [0.15, 0.2) is 0 Å². The second-order valence-corrected chi connectivity index (χ2v) is 5.67. The standard InChI is InChI=1S/C17H17N5O5/c23-14-5-1-7-20-22(14)8-3-6-18-15(24)13-10-19-17(26)21(16(13)25)11-12-4-2-9-27-12/h1-2,4-5,7,9-10H,3,6,8,11H2,(H,18,24)(H,19,26). The Morgan fingerprint density at radius 2 is 2.07 bits per heavy atom. The summed E-state index contributed by atoms with van der Waals surface area (Å²) in [6.45, 7) is 0.484. The molecule has 0 aliphatic rings. The smallest absolute Gasteiger partial charge is 0.328 e. The number of aromatic nitrogens is 4. The van der Waals surface area contributed by atoms with Crippen LogP contribution in [0.5, 0.6) is 0 Å². The molecule has 27 heavy (non-hydrogen) atoms. The quantitative estimate of drug-likeness (QED) is 0.541. The van der Waals surface area contributed by atoms with Gasteiger partial charge in [-0.25, -0.2) is 9.48 Å². The van der Waals surface area contributed by atoms with Crippen molar-refractivity contribution in [3.05, 3.63) is 85.4 Å². The number of hydrogen-bond donors (Lipinski definition) is 2. The molecule has 0 bridgehead atoms. The van der Waals surface area contributed by atoms with Crippen molar-refractivity contribution in [2.24, 2.45) is 0 Å². The SMILES string of the molecule is O=C(NCCCn1ncccc1=O)c1c[nH]c(=O)n(Cc2ccco2)c1=O. The predicted octanol–water partition coefficient (Wildman–Crippen LogP) is -0.445. The molecular weight excluding hydrogens is 354 g/mol. The third-order valence-electron chi connectivity index (χ3n) is 3.82. The van der Waals surface area contributed by atoms with E-state index in [2.05, 4.69) is 15.4 Å². The van der Waals surface area contributed by atoms with Crippen LogP contribution in [-0.2, 0) is 13.1 Å². The van der Waals surface area contributed by atoms with Gasteiger partial charge >= 0.3 is 5.69 Å². The number of nitrogens with zero attached hydrogens (tertiary/aromatic N) is 3. The summed E-state index contributed by atoms with van der Waals surface area (Å²) in [6.07, 6.45) is 4.47. The third-order valence-corrected chi connectivity index (χ3v) is 3.82. The molecular formula is C17H17N5O5. The Hall–Kier alpha value is -3.69. The molecule has 0 aliphatic heterocycles. The minimum Gasteiger partial charge on any atom is -0.467 e. The van der Waals surface area contributed by atoms with Crippen molar-refractivity contribution in [3.8, 4) is 0 Å². The molecule has 3 aromatic rings. The van der Waals surface area contributed by atoms with E-state index < -0.39 is 17.2 Å². The van der Waals surface area contributed by atoms with Gasteiger partial charge < -0.3 is 14.7 Å². The number of furan rings is 1. The summed E-state index contributed by atoms with van der Waals surface area (Å²) in [5, 5.41) is 6.51. The number of amides is 1. The van der Waals surface area contributed by atoms with Crippen LogP contribution >= 0.6 is 0 Å². The van der Waals surface area contributed by atoms with Crippen LogP contribution in [0.15, 0.2) is 61.7 Å². The molecule has 0 aliphatic carbocycles. The van der Waals surface area contributed by atoms with Crippen molar-refractivity contribution in [1.29, 1.82) is 0 Å². The molecule has 3 aromatic heterocycles. The van der Waals surface area contributed by atoms with Crippen molar-refractivity contribution in [3.63, 3.8) is 0 Å². The lowest BCUT2D eigenvalue weighted by Gasteiger charge is -2.07. The summed E-state index contributed by atoms with van der Waals surface area (Å²) in [5.74, 6) is -0.196. The summed E-state index contributed by atoms with van der Waals surface area (Å²) in [6, 6.07) is 6.20. The fraction of sp³-hybridized carbons (Fsp3) is 0.235. The largest absolute Gasteiger partial charge is 0.467 e. The molecule has 0 spiro atoms. The molecule has 0 radical (unpaired) electrons. The number of carbonyl (C=O) groups is 1. The number of H-pyrrole nitrogens is 1. The molecule has 10 heteroatoms. The molecule has 0 unspecified atom stereocenters. The lowest BCUT2D eigenvalue weighted by atomic mass is 10.3. The summed E-state index contributed by atoms with van der Waals surface area (Å²) >= 11 is 0. The first-order valence-corrected chi connectivity index (χ1v) is 8.21. The summed E-state index contributed by atoms with van der Waals surface area (Å²) < 4.78 is 7.30. The van der Waals surface area contributed by atoms with Gasteiger partial charge in [-0.3, -0.25) is 19.0 Å². The Morgan fingerprint density at radius 1 is 1.22 bits per heavy atom. The zero-order chi connectivity index (χ0) is 19.2. The predicted molar refractivity (Wildman–Crippen MR) is 94.6 cm³/mol. The number of aryl methyl sites for hydroxylation is 1. The molecule has 0 aromatic carbocycles. The monoisotopic (exact) mass is 371 g/mol. The van der Waals surface area contributed by atoms with Gasteiger partial charge in [0.05, 0.1) is 12.8 Å². The van der Waals surface area contributed by atoms with Crippen LogP contribution in [0.3, 0.4) is 0 Å². The van der Waals surface area contributed by atoms with Crippen molar-refractivity contribution in [2.75, 3.05) is 6.54 Å². The van der Waals surface area contributed by atoms with E-state index in [1.165, 1.54) is 23.2 Å². The van der Waals surface area contributed by atoms with Gasteiger partial charge in [0.25, 0.3) is 17.0 Å². The second kappa shape index (κ2) is 8.13. The third kappa shape index (κ3) is 4.29. The van der Waals surface area contributed by atoms with Gasteiger partial charge in [0, 0.05) is 31.5 Å². The highest BCUT2D eigenvalue weighted by Crippen LogP contribution is 2.00. The highest BCUT2D eigenvalue weighted by atomic mass is 16.3. The highest BCUT2D eigenvalue weighted by Gasteiger charge is 2.15. The molecule has 3 rings (SSSR count). The molecule has 0 saturated heterocycles. The van der Waals surface area contributed by atoms with E-state index in [9.17, 15) is 19.2 Å². The first-order chi connectivity index (χ1) is 13.1. The Bertz CT molecular complexity index is 1090. The molecule has 10 nitrogen and oxygen atoms in total. The van der Waals surface area contributed by atoms with Gasteiger partial charge in [0.2, 0.25) is 0 Å². The minimum atomic E-state index is -0.714. The first-order valence-electron chi connectivity index (χ1n) is 8.21. The van der Waals surface area contributed by atoms with Crippen molar-refractivity contribution < 1.29 is 9.21 Å². The topological polar surface area (TPSA) is 132 Å². The summed E-state index contributed by atoms with van der Waals surface area (Å²) in [7, 11) is 0. The number of rotatable bonds is 7. The van der Waals surface area contributed by atoms with Crippen LogP contribution in [0.25, 0.3) is 0 Å². The fourth-order valence-corrected chi connectivity index (χ4v) is 2.46. The molecule has 2 N–H and O–H groups in total.